The summed E-state index contributed by atoms with van der Waals surface area (Å²) in [5.74, 6) is 2.48. The van der Waals surface area contributed by atoms with Crippen LogP contribution in [0, 0.1) is 11.8 Å². The van der Waals surface area contributed by atoms with Crippen molar-refractivity contribution in [3.63, 3.8) is 0 Å². The molecule has 23 heavy (non-hydrogen) atoms. The van der Waals surface area contributed by atoms with Gasteiger partial charge in [0.25, 0.3) is 0 Å². The van der Waals surface area contributed by atoms with E-state index in [1.165, 1.54) is 19.3 Å². The van der Waals surface area contributed by atoms with Crippen molar-refractivity contribution in [2.45, 2.75) is 59.0 Å². The van der Waals surface area contributed by atoms with Gasteiger partial charge in [-0.15, -0.1) is 0 Å². The average Bonchev–Trinajstić information content (AvgIpc) is 3.27. The van der Waals surface area contributed by atoms with E-state index in [-0.39, 0.29) is 0 Å². The Morgan fingerprint density at radius 1 is 1.22 bits per heavy atom. The molecule has 2 N–H and O–H groups in total. The number of nitrogens with one attached hydrogen (secondary N) is 2. The lowest BCUT2D eigenvalue weighted by molar-refractivity contribution is 0.00395. The Hall–Kier alpha value is -0.810. The van der Waals surface area contributed by atoms with E-state index < -0.39 is 0 Å². The lowest BCUT2D eigenvalue weighted by atomic mass is 9.92. The standard InChI is InChI=1S/C18H36N4O/c1-5-15(6-2)17(22-8-10-23-11-9-22)13-20-18(19-7-3)21-16-12-14(16)4/h14-17H,5-13H2,1-4H3,(H2,19,20,21). The Labute approximate surface area is 142 Å². The average molecular weight is 325 g/mol. The van der Waals surface area contributed by atoms with Crippen LogP contribution in [0.2, 0.25) is 0 Å². The number of rotatable bonds is 8. The number of aliphatic imine (C=N–C) groups is 1. The van der Waals surface area contributed by atoms with Crippen LogP contribution in [-0.4, -0.2) is 62.3 Å². The second-order valence-electron chi connectivity index (χ2n) is 6.98. The van der Waals surface area contributed by atoms with E-state index in [0.717, 1.165) is 51.3 Å². The van der Waals surface area contributed by atoms with Crippen molar-refractivity contribution < 1.29 is 4.74 Å². The summed E-state index contributed by atoms with van der Waals surface area (Å²) in [6, 6.07) is 1.14. The smallest absolute Gasteiger partial charge is 0.191 e. The lowest BCUT2D eigenvalue weighted by Crippen LogP contribution is -2.49. The number of hydrogen-bond donors (Lipinski definition) is 2. The zero-order valence-corrected chi connectivity index (χ0v) is 15.5. The van der Waals surface area contributed by atoms with E-state index in [9.17, 15) is 0 Å². The highest BCUT2D eigenvalue weighted by Gasteiger charge is 2.33. The fourth-order valence-corrected chi connectivity index (χ4v) is 3.51. The van der Waals surface area contributed by atoms with Crippen LogP contribution in [0.3, 0.4) is 0 Å². The minimum absolute atomic E-state index is 0.529. The molecule has 5 heteroatoms. The number of guanidine groups is 1. The minimum atomic E-state index is 0.529. The van der Waals surface area contributed by atoms with E-state index in [4.69, 9.17) is 9.73 Å². The molecule has 0 amide bonds. The summed E-state index contributed by atoms with van der Waals surface area (Å²) in [6.07, 6.45) is 3.71. The van der Waals surface area contributed by atoms with Gasteiger partial charge in [-0.05, 0) is 25.2 Å². The summed E-state index contributed by atoms with van der Waals surface area (Å²) in [4.78, 5) is 7.52. The first-order valence-corrected chi connectivity index (χ1v) is 9.56. The monoisotopic (exact) mass is 324 g/mol. The third-order valence-corrected chi connectivity index (χ3v) is 5.32. The first-order valence-electron chi connectivity index (χ1n) is 9.56. The molecule has 1 heterocycles. The van der Waals surface area contributed by atoms with E-state index in [2.05, 4.69) is 43.2 Å². The molecule has 1 saturated heterocycles. The molecule has 1 aliphatic carbocycles. The number of nitrogens with zero attached hydrogens (tertiary/aromatic N) is 2. The quantitative estimate of drug-likeness (QED) is 0.530. The molecule has 0 aromatic carbocycles. The van der Waals surface area contributed by atoms with Crippen molar-refractivity contribution >= 4 is 5.96 Å². The van der Waals surface area contributed by atoms with E-state index in [0.29, 0.717) is 18.0 Å². The highest BCUT2D eigenvalue weighted by Crippen LogP contribution is 2.28. The highest BCUT2D eigenvalue weighted by atomic mass is 16.5. The maximum atomic E-state index is 5.53. The van der Waals surface area contributed by atoms with Crippen LogP contribution in [0.1, 0.15) is 47.0 Å². The van der Waals surface area contributed by atoms with Crippen molar-refractivity contribution in [1.29, 1.82) is 0 Å². The third-order valence-electron chi connectivity index (χ3n) is 5.32. The van der Waals surface area contributed by atoms with Crippen LogP contribution in [0.4, 0.5) is 0 Å². The largest absolute Gasteiger partial charge is 0.379 e. The molecule has 0 spiro atoms. The lowest BCUT2D eigenvalue weighted by Gasteiger charge is -2.38. The Morgan fingerprint density at radius 2 is 1.87 bits per heavy atom. The molecule has 1 aliphatic heterocycles. The van der Waals surface area contributed by atoms with Gasteiger partial charge in [-0.2, -0.15) is 0 Å². The number of morpholine rings is 1. The predicted octanol–water partition coefficient (Wildman–Crippen LogP) is 2.09. The van der Waals surface area contributed by atoms with Crippen LogP contribution < -0.4 is 10.6 Å². The van der Waals surface area contributed by atoms with Gasteiger partial charge >= 0.3 is 0 Å². The van der Waals surface area contributed by atoms with Gasteiger partial charge in [-0.25, -0.2) is 0 Å². The van der Waals surface area contributed by atoms with Gasteiger partial charge in [0.15, 0.2) is 5.96 Å². The molecule has 2 fully saturated rings. The van der Waals surface area contributed by atoms with Gasteiger partial charge in [0.2, 0.25) is 0 Å². The van der Waals surface area contributed by atoms with Crippen molar-refractivity contribution in [2.75, 3.05) is 39.4 Å². The Morgan fingerprint density at radius 3 is 2.39 bits per heavy atom. The third kappa shape index (κ3) is 5.64. The summed E-state index contributed by atoms with van der Waals surface area (Å²) < 4.78 is 5.53. The normalized spacial score (nSPS) is 27.1. The van der Waals surface area contributed by atoms with Crippen LogP contribution in [0.15, 0.2) is 4.99 Å². The van der Waals surface area contributed by atoms with Crippen LogP contribution in [0.25, 0.3) is 0 Å². The van der Waals surface area contributed by atoms with Gasteiger partial charge in [-0.1, -0.05) is 33.6 Å². The van der Waals surface area contributed by atoms with Crippen molar-refractivity contribution in [3.8, 4) is 0 Å². The molecule has 3 unspecified atom stereocenters. The summed E-state index contributed by atoms with van der Waals surface area (Å²) in [5.41, 5.74) is 0. The Bertz CT molecular complexity index is 364. The van der Waals surface area contributed by atoms with Gasteiger partial charge in [-0.3, -0.25) is 9.89 Å². The molecule has 0 aromatic rings. The van der Waals surface area contributed by atoms with Crippen LogP contribution >= 0.6 is 0 Å². The first-order chi connectivity index (χ1) is 11.2. The van der Waals surface area contributed by atoms with E-state index in [1.807, 2.05) is 0 Å². The van der Waals surface area contributed by atoms with Crippen molar-refractivity contribution in [3.05, 3.63) is 0 Å². The molecule has 0 radical (unpaired) electrons. The second-order valence-corrected chi connectivity index (χ2v) is 6.98. The molecule has 5 nitrogen and oxygen atoms in total. The Kier molecular flexibility index (Phi) is 7.63. The number of ether oxygens (including phenoxy) is 1. The van der Waals surface area contributed by atoms with Gasteiger partial charge in [0.1, 0.15) is 0 Å². The van der Waals surface area contributed by atoms with Gasteiger partial charge < -0.3 is 15.4 Å². The maximum absolute atomic E-state index is 5.53. The summed E-state index contributed by atoms with van der Waals surface area (Å²) >= 11 is 0. The zero-order chi connectivity index (χ0) is 16.7. The molecular formula is C18H36N4O. The van der Waals surface area contributed by atoms with Crippen molar-refractivity contribution in [1.82, 2.24) is 15.5 Å². The zero-order valence-electron chi connectivity index (χ0n) is 15.5. The minimum Gasteiger partial charge on any atom is -0.379 e. The summed E-state index contributed by atoms with van der Waals surface area (Å²) in [7, 11) is 0. The van der Waals surface area contributed by atoms with E-state index in [1.54, 1.807) is 0 Å². The second kappa shape index (κ2) is 9.48. The summed E-state index contributed by atoms with van der Waals surface area (Å²) in [6.45, 7) is 14.6. The molecule has 0 aromatic heterocycles. The molecule has 134 valence electrons. The highest BCUT2D eigenvalue weighted by molar-refractivity contribution is 5.80. The van der Waals surface area contributed by atoms with Crippen LogP contribution in [0.5, 0.6) is 0 Å². The molecule has 2 rings (SSSR count). The Balaban J connectivity index is 1.99. The maximum Gasteiger partial charge on any atom is 0.191 e. The van der Waals surface area contributed by atoms with E-state index >= 15 is 0 Å². The first kappa shape index (κ1) is 18.5. The summed E-state index contributed by atoms with van der Waals surface area (Å²) in [5, 5.41) is 6.97. The topological polar surface area (TPSA) is 48.9 Å². The fraction of sp³-hybridized carbons (Fsp3) is 0.944. The molecule has 1 saturated carbocycles. The fourth-order valence-electron chi connectivity index (χ4n) is 3.51. The molecule has 0 bridgehead atoms. The molecule has 2 aliphatic rings. The van der Waals surface area contributed by atoms with Crippen molar-refractivity contribution in [2.24, 2.45) is 16.8 Å². The van der Waals surface area contributed by atoms with Gasteiger partial charge in [0, 0.05) is 31.7 Å². The molecular weight excluding hydrogens is 288 g/mol. The van der Waals surface area contributed by atoms with Gasteiger partial charge in [0.05, 0.1) is 19.8 Å². The number of hydrogen-bond acceptors (Lipinski definition) is 3. The SMILES string of the molecule is CCNC(=NCC(C(CC)CC)N1CCOCC1)NC1CC1C. The van der Waals surface area contributed by atoms with Crippen LogP contribution in [-0.2, 0) is 4.74 Å². The predicted molar refractivity (Wildman–Crippen MR) is 96.9 cm³/mol. The molecule has 3 atom stereocenters.